The highest BCUT2D eigenvalue weighted by molar-refractivity contribution is 5.44. The first-order valence-electron chi connectivity index (χ1n) is 10.8. The van der Waals surface area contributed by atoms with Crippen molar-refractivity contribution in [3.8, 4) is 5.75 Å². The molecule has 11 heteroatoms. The van der Waals surface area contributed by atoms with Crippen molar-refractivity contribution in [2.24, 2.45) is 5.73 Å². The predicted octanol–water partition coefficient (Wildman–Crippen LogP) is 0.733. The quantitative estimate of drug-likeness (QED) is 0.355. The fourth-order valence-corrected chi connectivity index (χ4v) is 2.99. The van der Waals surface area contributed by atoms with Crippen LogP contribution in [0.3, 0.4) is 0 Å². The molecule has 2 aromatic rings. The van der Waals surface area contributed by atoms with Gasteiger partial charge in [0.25, 0.3) is 0 Å². The number of morpholine rings is 1. The van der Waals surface area contributed by atoms with Gasteiger partial charge in [0.15, 0.2) is 0 Å². The highest BCUT2D eigenvalue weighted by atomic mass is 16.5. The lowest BCUT2D eigenvalue weighted by atomic mass is 10.2. The molecule has 3 rings (SSSR count). The maximum Gasteiger partial charge on any atom is 0.232 e. The van der Waals surface area contributed by atoms with E-state index in [1.54, 1.807) is 7.11 Å². The van der Waals surface area contributed by atoms with E-state index in [4.69, 9.17) is 24.7 Å². The van der Waals surface area contributed by atoms with Crippen LogP contribution in [0.25, 0.3) is 0 Å². The average Bonchev–Trinajstić information content (AvgIpc) is 2.85. The minimum absolute atomic E-state index is 0.502. The first kappa shape index (κ1) is 23.9. The van der Waals surface area contributed by atoms with Crippen LogP contribution in [0, 0.1) is 0 Å². The number of aromatic nitrogens is 3. The molecule has 0 saturated carbocycles. The van der Waals surface area contributed by atoms with Gasteiger partial charge >= 0.3 is 0 Å². The van der Waals surface area contributed by atoms with Crippen LogP contribution in [-0.4, -0.2) is 87.9 Å². The van der Waals surface area contributed by atoms with Crippen LogP contribution in [0.2, 0.25) is 0 Å². The van der Waals surface area contributed by atoms with Gasteiger partial charge in [0.1, 0.15) is 5.75 Å². The van der Waals surface area contributed by atoms with Gasteiger partial charge in [0.2, 0.25) is 17.8 Å². The Morgan fingerprint density at radius 1 is 0.938 bits per heavy atom. The number of ether oxygens (including phenoxy) is 4. The zero-order valence-corrected chi connectivity index (χ0v) is 18.6. The normalized spacial score (nSPS) is 13.8. The Kier molecular flexibility index (Phi) is 10.2. The summed E-state index contributed by atoms with van der Waals surface area (Å²) in [6, 6.07) is 7.86. The monoisotopic (exact) mass is 447 g/mol. The molecule has 0 spiro atoms. The molecule has 1 aromatic heterocycles. The second-order valence-electron chi connectivity index (χ2n) is 7.02. The molecule has 1 aromatic carbocycles. The molecule has 0 amide bonds. The second-order valence-corrected chi connectivity index (χ2v) is 7.02. The van der Waals surface area contributed by atoms with Crippen molar-refractivity contribution < 1.29 is 18.9 Å². The van der Waals surface area contributed by atoms with E-state index in [-0.39, 0.29) is 0 Å². The molecule has 0 atom stereocenters. The minimum Gasteiger partial charge on any atom is -0.497 e. The van der Waals surface area contributed by atoms with Crippen LogP contribution in [0.15, 0.2) is 24.3 Å². The number of hydrogen-bond acceptors (Lipinski definition) is 11. The van der Waals surface area contributed by atoms with Crippen LogP contribution >= 0.6 is 0 Å². The fourth-order valence-electron chi connectivity index (χ4n) is 2.99. The summed E-state index contributed by atoms with van der Waals surface area (Å²) in [5, 5.41) is 6.51. The first-order chi connectivity index (χ1) is 15.8. The Bertz CT molecular complexity index is 788. The molecule has 0 radical (unpaired) electrons. The van der Waals surface area contributed by atoms with E-state index in [2.05, 4.69) is 30.5 Å². The Morgan fingerprint density at radius 3 is 2.31 bits per heavy atom. The number of nitrogens with one attached hydrogen (secondary N) is 2. The first-order valence-corrected chi connectivity index (χ1v) is 10.8. The lowest BCUT2D eigenvalue weighted by Crippen LogP contribution is -2.37. The summed E-state index contributed by atoms with van der Waals surface area (Å²) in [7, 11) is 1.65. The van der Waals surface area contributed by atoms with Gasteiger partial charge in [-0.2, -0.15) is 15.0 Å². The van der Waals surface area contributed by atoms with Crippen molar-refractivity contribution in [2.45, 2.75) is 6.54 Å². The van der Waals surface area contributed by atoms with Gasteiger partial charge in [-0.1, -0.05) is 12.1 Å². The Morgan fingerprint density at radius 2 is 1.62 bits per heavy atom. The summed E-state index contributed by atoms with van der Waals surface area (Å²) in [6.45, 7) is 6.58. The summed E-state index contributed by atoms with van der Waals surface area (Å²) < 4.78 is 21.5. The van der Waals surface area contributed by atoms with E-state index in [1.165, 1.54) is 0 Å². The summed E-state index contributed by atoms with van der Waals surface area (Å²) in [6.07, 6.45) is 0. The Labute approximate surface area is 188 Å². The number of benzene rings is 1. The maximum absolute atomic E-state index is 5.55. The molecular formula is C21H33N7O4. The molecule has 1 aliphatic rings. The molecule has 0 bridgehead atoms. The van der Waals surface area contributed by atoms with Crippen molar-refractivity contribution in [2.75, 3.05) is 88.5 Å². The summed E-state index contributed by atoms with van der Waals surface area (Å²) in [4.78, 5) is 15.8. The number of nitrogens with two attached hydrogens (primary N) is 1. The molecule has 0 unspecified atom stereocenters. The Hall–Kier alpha value is -2.73. The minimum atomic E-state index is 0.502. The molecule has 1 aliphatic heterocycles. The fraction of sp³-hybridized carbons (Fsp3) is 0.571. The number of hydrogen-bond donors (Lipinski definition) is 3. The number of methoxy groups -OCH3 is 1. The third-order valence-electron chi connectivity index (χ3n) is 4.69. The van der Waals surface area contributed by atoms with Gasteiger partial charge in [-0.15, -0.1) is 0 Å². The number of rotatable bonds is 14. The summed E-state index contributed by atoms with van der Waals surface area (Å²) in [5.74, 6) is 2.46. The smallest absolute Gasteiger partial charge is 0.232 e. The van der Waals surface area contributed by atoms with Crippen molar-refractivity contribution in [1.82, 2.24) is 15.0 Å². The largest absolute Gasteiger partial charge is 0.497 e. The lowest BCUT2D eigenvalue weighted by molar-refractivity contribution is 0.0547. The molecule has 11 nitrogen and oxygen atoms in total. The lowest BCUT2D eigenvalue weighted by Gasteiger charge is -2.27. The van der Waals surface area contributed by atoms with Gasteiger partial charge in [-0.25, -0.2) is 0 Å². The second kappa shape index (κ2) is 13.6. The molecule has 1 saturated heterocycles. The van der Waals surface area contributed by atoms with Crippen LogP contribution in [0.1, 0.15) is 5.56 Å². The third kappa shape index (κ3) is 8.08. The molecular weight excluding hydrogens is 414 g/mol. The maximum atomic E-state index is 5.55. The van der Waals surface area contributed by atoms with Crippen molar-refractivity contribution in [3.63, 3.8) is 0 Å². The zero-order chi connectivity index (χ0) is 22.4. The van der Waals surface area contributed by atoms with Crippen LogP contribution in [-0.2, 0) is 20.8 Å². The standard InChI is InChI=1S/C21H33N7O4/c1-29-18-4-2-17(3-5-18)16-24-20-25-19(23-7-11-31-15-14-30-10-6-22)26-21(27-20)28-8-12-32-13-9-28/h2-5H,6-16,22H2,1H3,(H2,23,24,25,26,27). The third-order valence-corrected chi connectivity index (χ3v) is 4.69. The van der Waals surface area contributed by atoms with E-state index in [9.17, 15) is 0 Å². The molecule has 176 valence electrons. The van der Waals surface area contributed by atoms with Crippen LogP contribution < -0.4 is 26.0 Å². The van der Waals surface area contributed by atoms with Gasteiger partial charge in [0.05, 0.1) is 46.8 Å². The average molecular weight is 448 g/mol. The van der Waals surface area contributed by atoms with Crippen molar-refractivity contribution in [3.05, 3.63) is 29.8 Å². The molecule has 2 heterocycles. The molecule has 0 aliphatic carbocycles. The summed E-state index contributed by atoms with van der Waals surface area (Å²) in [5.41, 5.74) is 6.48. The SMILES string of the molecule is COc1ccc(CNc2nc(NCCOCCOCCN)nc(N3CCOCC3)n2)cc1. The number of nitrogens with zero attached hydrogens (tertiary/aromatic N) is 4. The van der Waals surface area contributed by atoms with Gasteiger partial charge in [-0.05, 0) is 17.7 Å². The zero-order valence-electron chi connectivity index (χ0n) is 18.6. The molecule has 4 N–H and O–H groups in total. The van der Waals surface area contributed by atoms with E-state index in [0.717, 1.165) is 24.4 Å². The van der Waals surface area contributed by atoms with E-state index in [1.807, 2.05) is 24.3 Å². The topological polar surface area (TPSA) is 129 Å². The van der Waals surface area contributed by atoms with Crippen molar-refractivity contribution >= 4 is 17.8 Å². The van der Waals surface area contributed by atoms with Crippen LogP contribution in [0.5, 0.6) is 5.75 Å². The van der Waals surface area contributed by atoms with Gasteiger partial charge < -0.3 is 40.2 Å². The van der Waals surface area contributed by atoms with Crippen molar-refractivity contribution in [1.29, 1.82) is 0 Å². The molecule has 1 fully saturated rings. The molecule has 32 heavy (non-hydrogen) atoms. The predicted molar refractivity (Wildman–Crippen MR) is 122 cm³/mol. The Balaban J connectivity index is 1.56. The van der Waals surface area contributed by atoms with E-state index < -0.39 is 0 Å². The van der Waals surface area contributed by atoms with Crippen LogP contribution in [0.4, 0.5) is 17.8 Å². The number of anilines is 3. The van der Waals surface area contributed by atoms with Gasteiger partial charge in [-0.3, -0.25) is 0 Å². The van der Waals surface area contributed by atoms with E-state index in [0.29, 0.717) is 77.1 Å². The summed E-state index contributed by atoms with van der Waals surface area (Å²) >= 11 is 0. The highest BCUT2D eigenvalue weighted by Gasteiger charge is 2.16. The van der Waals surface area contributed by atoms with E-state index >= 15 is 0 Å². The highest BCUT2D eigenvalue weighted by Crippen LogP contribution is 2.17. The van der Waals surface area contributed by atoms with Gasteiger partial charge in [0, 0.05) is 32.7 Å².